The quantitative estimate of drug-likeness (QED) is 0.691. The van der Waals surface area contributed by atoms with Crippen molar-refractivity contribution >= 4 is 5.91 Å². The van der Waals surface area contributed by atoms with E-state index in [4.69, 9.17) is 0 Å². The Kier molecular flexibility index (Phi) is 4.76. The minimum atomic E-state index is 0.266. The van der Waals surface area contributed by atoms with Gasteiger partial charge in [-0.1, -0.05) is 0 Å². The zero-order valence-electron chi connectivity index (χ0n) is 10.8. The third kappa shape index (κ3) is 3.94. The van der Waals surface area contributed by atoms with Crippen molar-refractivity contribution < 1.29 is 4.79 Å². The Morgan fingerprint density at radius 2 is 1.76 bits per heavy atom. The molecule has 0 unspecified atom stereocenters. The third-order valence-electron chi connectivity index (χ3n) is 3.69. The molecule has 2 aliphatic heterocycles. The zero-order chi connectivity index (χ0) is 12.1. The number of hydrogen-bond acceptors (Lipinski definition) is 4. The van der Waals surface area contributed by atoms with Crippen molar-refractivity contribution in [3.8, 4) is 0 Å². The smallest absolute Gasteiger partial charge is 0.236 e. The second-order valence-corrected chi connectivity index (χ2v) is 5.04. The van der Waals surface area contributed by atoms with E-state index >= 15 is 0 Å². The molecular weight excluding hydrogens is 216 g/mol. The monoisotopic (exact) mass is 240 g/mol. The number of rotatable bonds is 3. The number of nitrogens with zero attached hydrogens (tertiary/aromatic N) is 3. The molecule has 0 aromatic carbocycles. The molecule has 5 nitrogen and oxygen atoms in total. The van der Waals surface area contributed by atoms with Gasteiger partial charge >= 0.3 is 0 Å². The summed E-state index contributed by atoms with van der Waals surface area (Å²) in [4.78, 5) is 18.4. The summed E-state index contributed by atoms with van der Waals surface area (Å²) in [6, 6.07) is 0. The second kappa shape index (κ2) is 6.33. The van der Waals surface area contributed by atoms with Crippen LogP contribution >= 0.6 is 0 Å². The number of amides is 1. The molecule has 0 saturated carbocycles. The Balaban J connectivity index is 1.72. The number of piperazine rings is 1. The standard InChI is InChI=1S/C12H24N4O/c1-14-5-2-6-16(11-12(14)17)10-9-15-7-3-13-4-8-15/h13H,2-11H2,1H3. The molecule has 1 amide bonds. The van der Waals surface area contributed by atoms with Gasteiger partial charge in [0.2, 0.25) is 5.91 Å². The fraction of sp³-hybridized carbons (Fsp3) is 0.917. The van der Waals surface area contributed by atoms with E-state index in [0.29, 0.717) is 6.54 Å². The highest BCUT2D eigenvalue weighted by molar-refractivity contribution is 5.78. The van der Waals surface area contributed by atoms with Crippen molar-refractivity contribution in [1.29, 1.82) is 0 Å². The third-order valence-corrected chi connectivity index (χ3v) is 3.69. The molecule has 2 aliphatic rings. The fourth-order valence-electron chi connectivity index (χ4n) is 2.46. The van der Waals surface area contributed by atoms with Crippen molar-refractivity contribution in [1.82, 2.24) is 20.0 Å². The molecule has 0 spiro atoms. The van der Waals surface area contributed by atoms with Gasteiger partial charge in [0.05, 0.1) is 6.54 Å². The molecule has 2 fully saturated rings. The van der Waals surface area contributed by atoms with E-state index in [9.17, 15) is 4.79 Å². The summed E-state index contributed by atoms with van der Waals surface area (Å²) in [5, 5.41) is 3.36. The first-order valence-corrected chi connectivity index (χ1v) is 6.65. The maximum absolute atomic E-state index is 11.7. The summed E-state index contributed by atoms with van der Waals surface area (Å²) in [5.74, 6) is 0.266. The summed E-state index contributed by atoms with van der Waals surface area (Å²) in [7, 11) is 1.90. The molecule has 98 valence electrons. The minimum absolute atomic E-state index is 0.266. The van der Waals surface area contributed by atoms with Crippen LogP contribution in [0, 0.1) is 0 Å². The van der Waals surface area contributed by atoms with E-state index in [2.05, 4.69) is 15.1 Å². The lowest BCUT2D eigenvalue weighted by molar-refractivity contribution is -0.129. The van der Waals surface area contributed by atoms with Crippen molar-refractivity contribution in [2.45, 2.75) is 6.42 Å². The van der Waals surface area contributed by atoms with Crippen LogP contribution in [0.5, 0.6) is 0 Å². The largest absolute Gasteiger partial charge is 0.345 e. The van der Waals surface area contributed by atoms with E-state index in [1.807, 2.05) is 11.9 Å². The van der Waals surface area contributed by atoms with Gasteiger partial charge in [0.25, 0.3) is 0 Å². The van der Waals surface area contributed by atoms with Gasteiger partial charge in [-0.05, 0) is 6.42 Å². The highest BCUT2D eigenvalue weighted by atomic mass is 16.2. The molecule has 2 rings (SSSR count). The predicted octanol–water partition coefficient (Wildman–Crippen LogP) is -0.944. The molecule has 1 N–H and O–H groups in total. The average Bonchev–Trinajstić information content (AvgIpc) is 2.51. The number of carbonyl (C=O) groups is 1. The van der Waals surface area contributed by atoms with E-state index in [1.54, 1.807) is 0 Å². The molecule has 0 aliphatic carbocycles. The van der Waals surface area contributed by atoms with Crippen LogP contribution in [0.4, 0.5) is 0 Å². The van der Waals surface area contributed by atoms with Crippen LogP contribution in [-0.4, -0.2) is 86.6 Å². The molecule has 0 radical (unpaired) electrons. The van der Waals surface area contributed by atoms with Crippen molar-refractivity contribution in [2.75, 3.05) is 66.0 Å². The molecule has 2 saturated heterocycles. The number of nitrogens with one attached hydrogen (secondary N) is 1. The normalized spacial score (nSPS) is 25.0. The molecule has 2 heterocycles. The predicted molar refractivity (Wildman–Crippen MR) is 68.0 cm³/mol. The summed E-state index contributed by atoms with van der Waals surface area (Å²) in [6.07, 6.45) is 1.10. The Morgan fingerprint density at radius 1 is 1.06 bits per heavy atom. The molecule has 5 heteroatoms. The van der Waals surface area contributed by atoms with Gasteiger partial charge < -0.3 is 10.2 Å². The van der Waals surface area contributed by atoms with Crippen molar-refractivity contribution in [3.63, 3.8) is 0 Å². The lowest BCUT2D eigenvalue weighted by atomic mass is 10.3. The van der Waals surface area contributed by atoms with Gasteiger partial charge in [-0.3, -0.25) is 14.6 Å². The Labute approximate surface area is 104 Å². The van der Waals surface area contributed by atoms with Gasteiger partial charge in [-0.15, -0.1) is 0 Å². The molecule has 0 aromatic heterocycles. The molecule has 17 heavy (non-hydrogen) atoms. The molecule has 0 atom stereocenters. The summed E-state index contributed by atoms with van der Waals surface area (Å²) in [5.41, 5.74) is 0. The first kappa shape index (κ1) is 12.8. The fourth-order valence-corrected chi connectivity index (χ4v) is 2.46. The van der Waals surface area contributed by atoms with Crippen LogP contribution < -0.4 is 5.32 Å². The topological polar surface area (TPSA) is 38.8 Å². The molecule has 0 bridgehead atoms. The second-order valence-electron chi connectivity index (χ2n) is 5.04. The van der Waals surface area contributed by atoms with E-state index < -0.39 is 0 Å². The van der Waals surface area contributed by atoms with Gasteiger partial charge in [-0.2, -0.15) is 0 Å². The first-order chi connectivity index (χ1) is 8.25. The number of carbonyl (C=O) groups excluding carboxylic acids is 1. The van der Waals surface area contributed by atoms with E-state index in [-0.39, 0.29) is 5.91 Å². The van der Waals surface area contributed by atoms with Crippen LogP contribution in [0.15, 0.2) is 0 Å². The summed E-state index contributed by atoms with van der Waals surface area (Å²) >= 11 is 0. The van der Waals surface area contributed by atoms with Crippen LogP contribution in [0.1, 0.15) is 6.42 Å². The SMILES string of the molecule is CN1CCCN(CCN2CCNCC2)CC1=O. The molecular formula is C12H24N4O. The van der Waals surface area contributed by atoms with Gasteiger partial charge in [0.1, 0.15) is 0 Å². The van der Waals surface area contributed by atoms with Crippen LogP contribution in [0.25, 0.3) is 0 Å². The number of hydrogen-bond donors (Lipinski definition) is 1. The highest BCUT2D eigenvalue weighted by Gasteiger charge is 2.19. The Hall–Kier alpha value is -0.650. The first-order valence-electron chi connectivity index (χ1n) is 6.65. The lowest BCUT2D eigenvalue weighted by Gasteiger charge is -2.29. The van der Waals surface area contributed by atoms with Crippen molar-refractivity contribution in [3.05, 3.63) is 0 Å². The van der Waals surface area contributed by atoms with E-state index in [1.165, 1.54) is 0 Å². The molecule has 0 aromatic rings. The van der Waals surface area contributed by atoms with Crippen LogP contribution in [0.2, 0.25) is 0 Å². The van der Waals surface area contributed by atoms with Gasteiger partial charge in [0, 0.05) is 59.4 Å². The maximum atomic E-state index is 11.7. The van der Waals surface area contributed by atoms with Crippen LogP contribution in [-0.2, 0) is 4.79 Å². The van der Waals surface area contributed by atoms with E-state index in [0.717, 1.165) is 58.8 Å². The summed E-state index contributed by atoms with van der Waals surface area (Å²) < 4.78 is 0. The number of likely N-dealkylation sites (N-methyl/N-ethyl adjacent to an activating group) is 1. The maximum Gasteiger partial charge on any atom is 0.236 e. The van der Waals surface area contributed by atoms with Gasteiger partial charge in [-0.25, -0.2) is 0 Å². The van der Waals surface area contributed by atoms with Crippen molar-refractivity contribution in [2.24, 2.45) is 0 Å². The zero-order valence-corrected chi connectivity index (χ0v) is 10.8. The highest BCUT2D eigenvalue weighted by Crippen LogP contribution is 2.03. The lowest BCUT2D eigenvalue weighted by Crippen LogP contribution is -2.47. The van der Waals surface area contributed by atoms with Crippen LogP contribution in [0.3, 0.4) is 0 Å². The average molecular weight is 240 g/mol. The Bertz CT molecular complexity index is 253. The summed E-state index contributed by atoms with van der Waals surface area (Å²) in [6.45, 7) is 9.17. The van der Waals surface area contributed by atoms with Gasteiger partial charge in [0.15, 0.2) is 0 Å². The minimum Gasteiger partial charge on any atom is -0.345 e. The Morgan fingerprint density at radius 3 is 2.53 bits per heavy atom.